The number of benzene rings is 1. The van der Waals surface area contributed by atoms with E-state index in [-0.39, 0.29) is 19.6 Å². The smallest absolute Gasteiger partial charge is 0.260 e. The molecular weight excluding hydrogens is 249 g/mol. The Kier molecular flexibility index (Phi) is 3.22. The molecule has 1 fully saturated rings. The largest absolute Gasteiger partial charge is 0.353 e. The van der Waals surface area contributed by atoms with Crippen molar-refractivity contribution in [3.63, 3.8) is 0 Å². The third-order valence-electron chi connectivity index (χ3n) is 2.55. The summed E-state index contributed by atoms with van der Waals surface area (Å²) < 4.78 is 39.5. The van der Waals surface area contributed by atoms with Crippen molar-refractivity contribution >= 4 is 11.8 Å². The van der Waals surface area contributed by atoms with Crippen molar-refractivity contribution in [2.45, 2.75) is 0 Å². The Balaban J connectivity index is 2.31. The van der Waals surface area contributed by atoms with Gasteiger partial charge in [0.1, 0.15) is 23.0 Å². The molecule has 1 aliphatic heterocycles. The second-order valence-corrected chi connectivity index (χ2v) is 3.82. The lowest BCUT2D eigenvalue weighted by molar-refractivity contribution is -0.123. The fourth-order valence-electron chi connectivity index (χ4n) is 1.72. The van der Waals surface area contributed by atoms with Crippen LogP contribution in [0.3, 0.4) is 0 Å². The molecule has 7 heteroatoms. The molecule has 4 nitrogen and oxygen atoms in total. The lowest BCUT2D eigenvalue weighted by atomic mass is 10.1. The molecule has 1 saturated heterocycles. The van der Waals surface area contributed by atoms with Gasteiger partial charge in [-0.2, -0.15) is 0 Å². The summed E-state index contributed by atoms with van der Waals surface area (Å²) in [6.07, 6.45) is 0. The van der Waals surface area contributed by atoms with Gasteiger partial charge in [0.2, 0.25) is 5.91 Å². The molecule has 2 rings (SSSR count). The molecule has 0 atom stereocenters. The molecule has 0 spiro atoms. The predicted octanol–water partition coefficient (Wildman–Crippen LogP) is 0.676. The summed E-state index contributed by atoms with van der Waals surface area (Å²) in [6.45, 7) is 0.102. The topological polar surface area (TPSA) is 49.4 Å². The number of carbonyl (C=O) groups excluding carboxylic acids is 2. The number of nitrogens with zero attached hydrogens (tertiary/aromatic N) is 1. The van der Waals surface area contributed by atoms with Crippen molar-refractivity contribution in [3.05, 3.63) is 35.1 Å². The van der Waals surface area contributed by atoms with Crippen LogP contribution >= 0.6 is 0 Å². The van der Waals surface area contributed by atoms with Gasteiger partial charge in [-0.1, -0.05) is 0 Å². The van der Waals surface area contributed by atoms with Gasteiger partial charge in [-0.3, -0.25) is 9.59 Å². The Hall–Kier alpha value is -2.05. The Labute approximate surface area is 100 Å². The molecule has 1 aromatic carbocycles. The van der Waals surface area contributed by atoms with Crippen LogP contribution in [0.15, 0.2) is 12.1 Å². The first-order valence-corrected chi connectivity index (χ1v) is 5.19. The molecule has 96 valence electrons. The van der Waals surface area contributed by atoms with Gasteiger partial charge < -0.3 is 10.2 Å². The SMILES string of the molecule is O=C1CN(C(=O)c2c(F)cc(F)cc2F)CCN1. The quantitative estimate of drug-likeness (QED) is 0.805. The zero-order valence-corrected chi connectivity index (χ0v) is 9.17. The Morgan fingerprint density at radius 1 is 1.22 bits per heavy atom. The van der Waals surface area contributed by atoms with E-state index in [1.807, 2.05) is 0 Å². The molecule has 0 bridgehead atoms. The number of amides is 2. The van der Waals surface area contributed by atoms with Crippen LogP contribution in [0.25, 0.3) is 0 Å². The standard InChI is InChI=1S/C11H9F3N2O2/c12-6-3-7(13)10(8(14)4-6)11(18)16-2-1-15-9(17)5-16/h3-4H,1-2,5H2,(H,15,17). The Bertz CT molecular complexity index is 496. The van der Waals surface area contributed by atoms with E-state index >= 15 is 0 Å². The molecular formula is C11H9F3N2O2. The zero-order valence-electron chi connectivity index (χ0n) is 9.17. The summed E-state index contributed by atoms with van der Waals surface area (Å²) in [4.78, 5) is 23.9. The summed E-state index contributed by atoms with van der Waals surface area (Å²) in [5.41, 5.74) is -0.842. The highest BCUT2D eigenvalue weighted by atomic mass is 19.1. The van der Waals surface area contributed by atoms with Crippen LogP contribution in [-0.2, 0) is 4.79 Å². The number of hydrogen-bond acceptors (Lipinski definition) is 2. The van der Waals surface area contributed by atoms with E-state index < -0.39 is 34.8 Å². The third-order valence-corrected chi connectivity index (χ3v) is 2.55. The van der Waals surface area contributed by atoms with E-state index in [1.165, 1.54) is 0 Å². The lowest BCUT2D eigenvalue weighted by Crippen LogP contribution is -2.50. The van der Waals surface area contributed by atoms with Crippen LogP contribution < -0.4 is 5.32 Å². The summed E-state index contributed by atoms with van der Waals surface area (Å²) in [7, 11) is 0. The second-order valence-electron chi connectivity index (χ2n) is 3.82. The second kappa shape index (κ2) is 4.67. The first-order valence-electron chi connectivity index (χ1n) is 5.19. The molecule has 1 aromatic rings. The minimum atomic E-state index is -1.27. The van der Waals surface area contributed by atoms with E-state index in [1.54, 1.807) is 0 Å². The van der Waals surface area contributed by atoms with Crippen molar-refractivity contribution < 1.29 is 22.8 Å². The van der Waals surface area contributed by atoms with Gasteiger partial charge in [-0.25, -0.2) is 13.2 Å². The van der Waals surface area contributed by atoms with Crippen LogP contribution in [0.2, 0.25) is 0 Å². The summed E-state index contributed by atoms with van der Waals surface area (Å²) in [6, 6.07) is 0.862. The van der Waals surface area contributed by atoms with Crippen molar-refractivity contribution in [1.29, 1.82) is 0 Å². The molecule has 1 aliphatic rings. The van der Waals surface area contributed by atoms with Gasteiger partial charge in [0.15, 0.2) is 0 Å². The molecule has 0 aromatic heterocycles. The fraction of sp³-hybridized carbons (Fsp3) is 0.273. The van der Waals surface area contributed by atoms with E-state index in [0.717, 1.165) is 4.90 Å². The highest BCUT2D eigenvalue weighted by Crippen LogP contribution is 2.17. The van der Waals surface area contributed by atoms with Crippen molar-refractivity contribution in [2.75, 3.05) is 19.6 Å². The van der Waals surface area contributed by atoms with Crippen LogP contribution in [0.1, 0.15) is 10.4 Å². The molecule has 0 saturated carbocycles. The van der Waals surface area contributed by atoms with Crippen molar-refractivity contribution in [2.24, 2.45) is 0 Å². The fourth-order valence-corrected chi connectivity index (χ4v) is 1.72. The number of carbonyl (C=O) groups is 2. The maximum atomic E-state index is 13.4. The summed E-state index contributed by atoms with van der Waals surface area (Å²) in [5, 5.41) is 2.48. The van der Waals surface area contributed by atoms with Crippen molar-refractivity contribution in [1.82, 2.24) is 10.2 Å². The van der Waals surface area contributed by atoms with Crippen LogP contribution in [0.4, 0.5) is 13.2 Å². The van der Waals surface area contributed by atoms with Gasteiger partial charge in [-0.05, 0) is 0 Å². The molecule has 0 radical (unpaired) electrons. The van der Waals surface area contributed by atoms with Crippen molar-refractivity contribution in [3.8, 4) is 0 Å². The van der Waals surface area contributed by atoms with Crippen LogP contribution in [-0.4, -0.2) is 36.3 Å². The lowest BCUT2D eigenvalue weighted by Gasteiger charge is -2.26. The van der Waals surface area contributed by atoms with Gasteiger partial charge >= 0.3 is 0 Å². The minimum Gasteiger partial charge on any atom is -0.353 e. The molecule has 0 unspecified atom stereocenters. The van der Waals surface area contributed by atoms with Crippen LogP contribution in [0.5, 0.6) is 0 Å². The van der Waals surface area contributed by atoms with E-state index in [2.05, 4.69) is 5.32 Å². The number of halogens is 3. The number of piperazine rings is 1. The number of hydrogen-bond donors (Lipinski definition) is 1. The zero-order chi connectivity index (χ0) is 13.3. The van der Waals surface area contributed by atoms with E-state index in [9.17, 15) is 22.8 Å². The number of rotatable bonds is 1. The molecule has 18 heavy (non-hydrogen) atoms. The maximum Gasteiger partial charge on any atom is 0.260 e. The summed E-state index contributed by atoms with van der Waals surface area (Å²) in [5.74, 6) is -5.01. The average Bonchev–Trinajstić information content (AvgIpc) is 2.27. The average molecular weight is 258 g/mol. The van der Waals surface area contributed by atoms with Crippen LogP contribution in [0, 0.1) is 17.5 Å². The van der Waals surface area contributed by atoms with Gasteiger partial charge in [0, 0.05) is 25.2 Å². The predicted molar refractivity (Wildman–Crippen MR) is 55.2 cm³/mol. The minimum absolute atomic E-state index is 0.154. The third kappa shape index (κ3) is 2.29. The molecule has 1 N–H and O–H groups in total. The number of nitrogens with one attached hydrogen (secondary N) is 1. The Morgan fingerprint density at radius 3 is 2.39 bits per heavy atom. The molecule has 2 amide bonds. The monoisotopic (exact) mass is 258 g/mol. The van der Waals surface area contributed by atoms with Gasteiger partial charge in [-0.15, -0.1) is 0 Å². The molecule has 0 aliphatic carbocycles. The van der Waals surface area contributed by atoms with E-state index in [0.29, 0.717) is 12.1 Å². The molecule has 1 heterocycles. The Morgan fingerprint density at radius 2 is 1.83 bits per heavy atom. The van der Waals surface area contributed by atoms with Gasteiger partial charge in [0.05, 0.1) is 6.54 Å². The first kappa shape index (κ1) is 12.4. The highest BCUT2D eigenvalue weighted by Gasteiger charge is 2.27. The maximum absolute atomic E-state index is 13.4. The van der Waals surface area contributed by atoms with E-state index in [4.69, 9.17) is 0 Å². The highest BCUT2D eigenvalue weighted by molar-refractivity contribution is 5.97. The summed E-state index contributed by atoms with van der Waals surface area (Å²) >= 11 is 0. The normalized spacial score (nSPS) is 15.5. The first-order chi connectivity index (χ1) is 8.49. The van der Waals surface area contributed by atoms with Gasteiger partial charge in [0.25, 0.3) is 5.91 Å².